The first-order valence-corrected chi connectivity index (χ1v) is 6.39. The van der Waals surface area contributed by atoms with Gasteiger partial charge in [-0.3, -0.25) is 4.79 Å². The molecule has 108 valence electrons. The van der Waals surface area contributed by atoms with Gasteiger partial charge >= 0.3 is 5.97 Å². The zero-order chi connectivity index (χ0) is 14.5. The number of amides is 1. The van der Waals surface area contributed by atoms with E-state index in [1.807, 2.05) is 0 Å². The van der Waals surface area contributed by atoms with Crippen LogP contribution in [0, 0.1) is 0 Å². The van der Waals surface area contributed by atoms with Crippen molar-refractivity contribution in [2.45, 2.75) is 18.9 Å². The van der Waals surface area contributed by atoms with Crippen LogP contribution in [0.3, 0.4) is 0 Å². The number of likely N-dealkylation sites (tertiary alicyclic amines) is 1. The van der Waals surface area contributed by atoms with Gasteiger partial charge in [-0.1, -0.05) is 12.1 Å². The Balaban J connectivity index is 2.22. The molecule has 6 heteroatoms. The Morgan fingerprint density at radius 1 is 1.40 bits per heavy atom. The minimum atomic E-state index is -0.967. The number of carboxylic acid groups (broad SMARTS) is 1. The van der Waals surface area contributed by atoms with E-state index in [2.05, 4.69) is 0 Å². The highest BCUT2D eigenvalue weighted by Crippen LogP contribution is 2.25. The molecule has 0 spiro atoms. The fourth-order valence-corrected chi connectivity index (χ4v) is 2.31. The summed E-state index contributed by atoms with van der Waals surface area (Å²) in [5.74, 6) is -0.886. The molecule has 1 amide bonds. The van der Waals surface area contributed by atoms with Crippen molar-refractivity contribution in [2.75, 3.05) is 20.4 Å². The van der Waals surface area contributed by atoms with Crippen LogP contribution in [0.5, 0.6) is 5.75 Å². The first-order valence-electron chi connectivity index (χ1n) is 6.39. The number of ether oxygens (including phenoxy) is 2. The summed E-state index contributed by atoms with van der Waals surface area (Å²) in [6.07, 6.45) is 1.19. The van der Waals surface area contributed by atoms with Crippen molar-refractivity contribution < 1.29 is 24.2 Å². The SMILES string of the molecule is COCOc1ccccc1C(=O)N1CCCC1C(=O)O. The average molecular weight is 279 g/mol. The van der Waals surface area contributed by atoms with Gasteiger partial charge in [0, 0.05) is 13.7 Å². The van der Waals surface area contributed by atoms with Crippen molar-refractivity contribution in [1.82, 2.24) is 4.90 Å². The van der Waals surface area contributed by atoms with Gasteiger partial charge < -0.3 is 19.5 Å². The summed E-state index contributed by atoms with van der Waals surface area (Å²) in [5.41, 5.74) is 0.359. The normalized spacial score (nSPS) is 18.1. The number of aliphatic carboxylic acids is 1. The minimum Gasteiger partial charge on any atom is -0.480 e. The van der Waals surface area contributed by atoms with Crippen molar-refractivity contribution >= 4 is 11.9 Å². The predicted molar refractivity (Wildman–Crippen MR) is 70.6 cm³/mol. The molecule has 0 aromatic heterocycles. The number of hydrogen-bond donors (Lipinski definition) is 1. The number of methoxy groups -OCH3 is 1. The van der Waals surface area contributed by atoms with Crippen LogP contribution < -0.4 is 4.74 Å². The summed E-state index contributed by atoms with van der Waals surface area (Å²) >= 11 is 0. The fourth-order valence-electron chi connectivity index (χ4n) is 2.31. The Bertz CT molecular complexity index is 502. The molecule has 2 rings (SSSR count). The number of rotatable bonds is 5. The monoisotopic (exact) mass is 279 g/mol. The molecule has 0 bridgehead atoms. The summed E-state index contributed by atoms with van der Waals surface area (Å²) in [6.45, 7) is 0.487. The number of hydrogen-bond acceptors (Lipinski definition) is 4. The minimum absolute atomic E-state index is 0.0344. The number of nitrogens with zero attached hydrogens (tertiary/aromatic N) is 1. The molecule has 1 aromatic rings. The topological polar surface area (TPSA) is 76.1 Å². The third kappa shape index (κ3) is 2.91. The maximum atomic E-state index is 12.5. The van der Waals surface area contributed by atoms with Crippen molar-refractivity contribution in [3.63, 3.8) is 0 Å². The summed E-state index contributed by atoms with van der Waals surface area (Å²) < 4.78 is 10.2. The van der Waals surface area contributed by atoms with Crippen LogP contribution in [0.1, 0.15) is 23.2 Å². The van der Waals surface area contributed by atoms with Gasteiger partial charge in [0.2, 0.25) is 0 Å². The van der Waals surface area contributed by atoms with Gasteiger partial charge in [-0.25, -0.2) is 4.79 Å². The second kappa shape index (κ2) is 6.38. The van der Waals surface area contributed by atoms with Gasteiger partial charge in [0.15, 0.2) is 6.79 Å². The van der Waals surface area contributed by atoms with Gasteiger partial charge in [-0.15, -0.1) is 0 Å². The fraction of sp³-hybridized carbons (Fsp3) is 0.429. The Kier molecular flexibility index (Phi) is 4.57. The first-order chi connectivity index (χ1) is 9.65. The Morgan fingerprint density at radius 2 is 2.15 bits per heavy atom. The third-order valence-electron chi connectivity index (χ3n) is 3.25. The summed E-state index contributed by atoms with van der Waals surface area (Å²) in [5, 5.41) is 9.15. The number of carboxylic acids is 1. The molecule has 6 nitrogen and oxygen atoms in total. The molecule has 1 aliphatic rings. The zero-order valence-electron chi connectivity index (χ0n) is 11.2. The molecule has 0 saturated carbocycles. The Hall–Kier alpha value is -2.08. The largest absolute Gasteiger partial charge is 0.480 e. The van der Waals surface area contributed by atoms with Gasteiger partial charge in [-0.05, 0) is 25.0 Å². The molecular weight excluding hydrogens is 262 g/mol. The lowest BCUT2D eigenvalue weighted by atomic mass is 10.1. The number of para-hydroxylation sites is 1. The summed E-state index contributed by atoms with van der Waals surface area (Å²) in [6, 6.07) is 6.01. The van der Waals surface area contributed by atoms with E-state index in [4.69, 9.17) is 14.6 Å². The van der Waals surface area contributed by atoms with Crippen molar-refractivity contribution in [3.05, 3.63) is 29.8 Å². The lowest BCUT2D eigenvalue weighted by Crippen LogP contribution is -2.40. The van der Waals surface area contributed by atoms with Crippen LogP contribution in [0.2, 0.25) is 0 Å². The molecule has 1 heterocycles. The van der Waals surface area contributed by atoms with E-state index in [0.717, 1.165) is 0 Å². The lowest BCUT2D eigenvalue weighted by molar-refractivity contribution is -0.141. The molecule has 1 atom stereocenters. The van der Waals surface area contributed by atoms with E-state index in [-0.39, 0.29) is 12.7 Å². The van der Waals surface area contributed by atoms with Gasteiger partial charge in [-0.2, -0.15) is 0 Å². The van der Waals surface area contributed by atoms with Crippen LogP contribution >= 0.6 is 0 Å². The summed E-state index contributed by atoms with van der Waals surface area (Å²) in [4.78, 5) is 25.0. The van der Waals surface area contributed by atoms with Crippen molar-refractivity contribution in [2.24, 2.45) is 0 Å². The second-order valence-electron chi connectivity index (χ2n) is 4.54. The maximum Gasteiger partial charge on any atom is 0.326 e. The molecule has 1 fully saturated rings. The number of carbonyl (C=O) groups excluding carboxylic acids is 1. The Morgan fingerprint density at radius 3 is 2.85 bits per heavy atom. The van der Waals surface area contributed by atoms with E-state index in [0.29, 0.717) is 30.7 Å². The first kappa shape index (κ1) is 14.3. The molecule has 20 heavy (non-hydrogen) atoms. The molecule has 1 unspecified atom stereocenters. The van der Waals surface area contributed by atoms with Crippen molar-refractivity contribution in [3.8, 4) is 5.75 Å². The number of benzene rings is 1. The van der Waals surface area contributed by atoms with Gasteiger partial charge in [0.05, 0.1) is 5.56 Å². The van der Waals surface area contributed by atoms with Crippen LogP contribution in [0.15, 0.2) is 24.3 Å². The van der Waals surface area contributed by atoms with Crippen LogP contribution in [0.25, 0.3) is 0 Å². The standard InChI is InChI=1S/C14H17NO5/c1-19-9-20-12-7-3-2-5-10(12)13(16)15-8-4-6-11(15)14(17)18/h2-3,5,7,11H,4,6,8-9H2,1H3,(H,17,18). The zero-order valence-corrected chi connectivity index (χ0v) is 11.2. The van der Waals surface area contributed by atoms with Crippen LogP contribution in [-0.2, 0) is 9.53 Å². The molecular formula is C14H17NO5. The Labute approximate surface area is 116 Å². The second-order valence-corrected chi connectivity index (χ2v) is 4.54. The van der Waals surface area contributed by atoms with E-state index >= 15 is 0 Å². The quantitative estimate of drug-likeness (QED) is 0.824. The highest BCUT2D eigenvalue weighted by Gasteiger charge is 2.35. The van der Waals surface area contributed by atoms with Crippen LogP contribution in [0.4, 0.5) is 0 Å². The van der Waals surface area contributed by atoms with E-state index in [9.17, 15) is 9.59 Å². The maximum absolute atomic E-state index is 12.5. The highest BCUT2D eigenvalue weighted by molar-refractivity contribution is 5.99. The van der Waals surface area contributed by atoms with Gasteiger partial charge in [0.25, 0.3) is 5.91 Å². The van der Waals surface area contributed by atoms with E-state index in [1.54, 1.807) is 24.3 Å². The molecule has 0 aliphatic carbocycles. The highest BCUT2D eigenvalue weighted by atomic mass is 16.7. The van der Waals surface area contributed by atoms with Crippen LogP contribution in [-0.4, -0.2) is 48.4 Å². The molecule has 1 saturated heterocycles. The average Bonchev–Trinajstić information content (AvgIpc) is 2.94. The number of carbonyl (C=O) groups is 2. The summed E-state index contributed by atoms with van der Waals surface area (Å²) in [7, 11) is 1.49. The van der Waals surface area contributed by atoms with E-state index < -0.39 is 12.0 Å². The molecule has 1 aromatic carbocycles. The third-order valence-corrected chi connectivity index (χ3v) is 3.25. The molecule has 1 N–H and O–H groups in total. The predicted octanol–water partition coefficient (Wildman–Crippen LogP) is 1.36. The van der Waals surface area contributed by atoms with Crippen molar-refractivity contribution in [1.29, 1.82) is 0 Å². The smallest absolute Gasteiger partial charge is 0.326 e. The molecule has 0 radical (unpaired) electrons. The lowest BCUT2D eigenvalue weighted by Gasteiger charge is -2.22. The molecule has 1 aliphatic heterocycles. The van der Waals surface area contributed by atoms with Gasteiger partial charge in [0.1, 0.15) is 11.8 Å². The van der Waals surface area contributed by atoms with E-state index in [1.165, 1.54) is 12.0 Å².